The second-order valence-electron chi connectivity index (χ2n) is 5.23. The number of carbonyl (C=O) groups excluding carboxylic acids is 1. The number of para-hydroxylation sites is 1. The van der Waals surface area contributed by atoms with Crippen LogP contribution in [-0.4, -0.2) is 33.2 Å². The summed E-state index contributed by atoms with van der Waals surface area (Å²) in [6, 6.07) is 18.9. The van der Waals surface area contributed by atoms with E-state index in [1.165, 1.54) is 11.0 Å². The molecule has 0 unspecified atom stereocenters. The maximum Gasteiger partial charge on any atom is 0.252 e. The zero-order valence-electron chi connectivity index (χ0n) is 12.8. The van der Waals surface area contributed by atoms with E-state index < -0.39 is 6.04 Å². The molecule has 0 radical (unpaired) electrons. The Morgan fingerprint density at radius 2 is 1.74 bits per heavy atom. The number of likely N-dealkylation sites (N-methyl/N-ethyl adjacent to an activating group) is 1. The number of nitrogens with zero attached hydrogens (tertiary/aromatic N) is 5. The molecule has 0 saturated heterocycles. The van der Waals surface area contributed by atoms with Gasteiger partial charge in [-0.25, -0.2) is 4.68 Å². The lowest BCUT2D eigenvalue weighted by Gasteiger charge is -2.23. The molecule has 23 heavy (non-hydrogen) atoms. The summed E-state index contributed by atoms with van der Waals surface area (Å²) in [5.74, 6) is -0.0626. The highest BCUT2D eigenvalue weighted by atomic mass is 16.2. The van der Waals surface area contributed by atoms with Crippen LogP contribution in [0, 0.1) is 0 Å². The molecule has 2 aromatic carbocycles. The number of rotatable bonds is 5. The van der Waals surface area contributed by atoms with E-state index in [1.807, 2.05) is 60.7 Å². The van der Waals surface area contributed by atoms with Gasteiger partial charge in [0.05, 0.1) is 0 Å². The average molecular weight is 307 g/mol. The molecule has 1 atom stereocenters. The number of benzene rings is 2. The van der Waals surface area contributed by atoms with Gasteiger partial charge in [-0.15, -0.1) is 5.10 Å². The van der Waals surface area contributed by atoms with E-state index >= 15 is 0 Å². The first-order valence-corrected chi connectivity index (χ1v) is 7.34. The van der Waals surface area contributed by atoms with Gasteiger partial charge in [0.2, 0.25) is 0 Å². The van der Waals surface area contributed by atoms with Crippen LogP contribution in [0.15, 0.2) is 67.0 Å². The highest BCUT2D eigenvalue weighted by molar-refractivity contribution is 5.95. The Kier molecular flexibility index (Phi) is 4.42. The monoisotopic (exact) mass is 307 g/mol. The second-order valence-corrected chi connectivity index (χ2v) is 5.23. The third kappa shape index (κ3) is 3.42. The normalized spacial score (nSPS) is 11.9. The quantitative estimate of drug-likeness (QED) is 0.724. The van der Waals surface area contributed by atoms with Crippen molar-refractivity contribution in [3.8, 4) is 0 Å². The van der Waals surface area contributed by atoms with Crippen LogP contribution in [-0.2, 0) is 11.2 Å². The molecule has 0 saturated carbocycles. The number of carbonyl (C=O) groups is 1. The lowest BCUT2D eigenvalue weighted by atomic mass is 10.0. The van der Waals surface area contributed by atoms with Crippen molar-refractivity contribution in [3.63, 3.8) is 0 Å². The smallest absolute Gasteiger partial charge is 0.252 e. The van der Waals surface area contributed by atoms with E-state index in [0.29, 0.717) is 6.42 Å². The Labute approximate surface area is 134 Å². The topological polar surface area (TPSA) is 63.9 Å². The van der Waals surface area contributed by atoms with Gasteiger partial charge in [-0.2, -0.15) is 0 Å². The van der Waals surface area contributed by atoms with Crippen molar-refractivity contribution >= 4 is 11.6 Å². The Balaban J connectivity index is 1.87. The fraction of sp³-hybridized carbons (Fsp3) is 0.176. The van der Waals surface area contributed by atoms with E-state index in [2.05, 4.69) is 15.5 Å². The van der Waals surface area contributed by atoms with Crippen LogP contribution in [0.25, 0.3) is 0 Å². The molecule has 1 aromatic heterocycles. The molecule has 0 aliphatic carbocycles. The third-order valence-corrected chi connectivity index (χ3v) is 3.72. The molecular weight excluding hydrogens is 290 g/mol. The summed E-state index contributed by atoms with van der Waals surface area (Å²) >= 11 is 0. The molecule has 116 valence electrons. The van der Waals surface area contributed by atoms with Gasteiger partial charge in [0.15, 0.2) is 0 Å². The maximum atomic E-state index is 13.0. The predicted molar refractivity (Wildman–Crippen MR) is 86.9 cm³/mol. The lowest BCUT2D eigenvalue weighted by Crippen LogP contribution is -2.36. The van der Waals surface area contributed by atoms with Crippen molar-refractivity contribution in [2.45, 2.75) is 12.5 Å². The van der Waals surface area contributed by atoms with E-state index in [-0.39, 0.29) is 5.91 Å². The minimum atomic E-state index is -0.488. The molecule has 6 nitrogen and oxygen atoms in total. The molecule has 0 N–H and O–H groups in total. The predicted octanol–water partition coefficient (Wildman–Crippen LogP) is 2.12. The number of hydrogen-bond donors (Lipinski definition) is 0. The molecule has 0 fully saturated rings. The SMILES string of the molecule is CN(C(=O)[C@H](Cc1ccccc1)n1cnnn1)c1ccccc1. The van der Waals surface area contributed by atoms with Gasteiger partial charge in [-0.3, -0.25) is 4.79 Å². The molecule has 0 aliphatic heterocycles. The molecular formula is C17H17N5O. The second kappa shape index (κ2) is 6.83. The van der Waals surface area contributed by atoms with Crippen molar-refractivity contribution in [1.82, 2.24) is 20.2 Å². The van der Waals surface area contributed by atoms with Crippen LogP contribution in [0.4, 0.5) is 5.69 Å². The summed E-state index contributed by atoms with van der Waals surface area (Å²) in [6.45, 7) is 0. The van der Waals surface area contributed by atoms with Crippen molar-refractivity contribution in [2.75, 3.05) is 11.9 Å². The largest absolute Gasteiger partial charge is 0.314 e. The van der Waals surface area contributed by atoms with E-state index in [4.69, 9.17) is 0 Å². The average Bonchev–Trinajstić information content (AvgIpc) is 3.14. The molecule has 0 aliphatic rings. The Morgan fingerprint density at radius 3 is 2.35 bits per heavy atom. The van der Waals surface area contributed by atoms with Gasteiger partial charge in [0, 0.05) is 19.2 Å². The van der Waals surface area contributed by atoms with Crippen LogP contribution in [0.5, 0.6) is 0 Å². The number of aromatic nitrogens is 4. The first kappa shape index (κ1) is 14.9. The van der Waals surface area contributed by atoms with Crippen molar-refractivity contribution < 1.29 is 4.79 Å². The van der Waals surface area contributed by atoms with Gasteiger partial charge >= 0.3 is 0 Å². The van der Waals surface area contributed by atoms with Gasteiger partial charge in [0.25, 0.3) is 5.91 Å². The number of tetrazole rings is 1. The van der Waals surface area contributed by atoms with Crippen LogP contribution < -0.4 is 4.90 Å². The fourth-order valence-electron chi connectivity index (χ4n) is 2.44. The van der Waals surface area contributed by atoms with Crippen molar-refractivity contribution in [1.29, 1.82) is 0 Å². The van der Waals surface area contributed by atoms with Gasteiger partial charge in [-0.05, 0) is 28.1 Å². The van der Waals surface area contributed by atoms with Crippen LogP contribution >= 0.6 is 0 Å². The summed E-state index contributed by atoms with van der Waals surface area (Å²) in [4.78, 5) is 14.6. The Morgan fingerprint density at radius 1 is 1.09 bits per heavy atom. The zero-order chi connectivity index (χ0) is 16.1. The summed E-state index contributed by atoms with van der Waals surface area (Å²) in [7, 11) is 1.76. The molecule has 6 heteroatoms. The minimum absolute atomic E-state index is 0.0626. The Bertz CT molecular complexity index is 743. The van der Waals surface area contributed by atoms with Crippen LogP contribution in [0.1, 0.15) is 11.6 Å². The summed E-state index contributed by atoms with van der Waals surface area (Å²) < 4.78 is 1.51. The van der Waals surface area contributed by atoms with Crippen LogP contribution in [0.3, 0.4) is 0 Å². The van der Waals surface area contributed by atoms with E-state index in [0.717, 1.165) is 11.3 Å². The number of amides is 1. The first-order chi connectivity index (χ1) is 11.3. The summed E-state index contributed by atoms with van der Waals surface area (Å²) in [5, 5.41) is 11.2. The first-order valence-electron chi connectivity index (χ1n) is 7.34. The number of anilines is 1. The lowest BCUT2D eigenvalue weighted by molar-refractivity contribution is -0.121. The standard InChI is InChI=1S/C17H17N5O/c1-21(15-10-6-3-7-11-15)17(23)16(22-13-18-19-20-22)12-14-8-4-2-5-9-14/h2-11,13,16H,12H2,1H3/t16-/m0/s1. The van der Waals surface area contributed by atoms with Gasteiger partial charge in [0.1, 0.15) is 12.4 Å². The fourth-order valence-corrected chi connectivity index (χ4v) is 2.44. The Hall–Kier alpha value is -3.02. The minimum Gasteiger partial charge on any atom is -0.314 e. The summed E-state index contributed by atoms with van der Waals surface area (Å²) in [6.07, 6.45) is 2.01. The van der Waals surface area contributed by atoms with Gasteiger partial charge in [-0.1, -0.05) is 48.5 Å². The molecule has 0 spiro atoms. The highest BCUT2D eigenvalue weighted by Crippen LogP contribution is 2.20. The molecule has 3 rings (SSSR count). The van der Waals surface area contributed by atoms with Crippen molar-refractivity contribution in [2.24, 2.45) is 0 Å². The molecule has 1 heterocycles. The summed E-state index contributed by atoms with van der Waals surface area (Å²) in [5.41, 5.74) is 1.89. The molecule has 3 aromatic rings. The molecule has 0 bridgehead atoms. The van der Waals surface area contributed by atoms with E-state index in [9.17, 15) is 4.79 Å². The van der Waals surface area contributed by atoms with Crippen molar-refractivity contribution in [3.05, 3.63) is 72.6 Å². The third-order valence-electron chi connectivity index (χ3n) is 3.72. The molecule has 1 amide bonds. The maximum absolute atomic E-state index is 13.0. The highest BCUT2D eigenvalue weighted by Gasteiger charge is 2.26. The van der Waals surface area contributed by atoms with Gasteiger partial charge < -0.3 is 4.90 Å². The zero-order valence-corrected chi connectivity index (χ0v) is 12.8. The van der Waals surface area contributed by atoms with E-state index in [1.54, 1.807) is 11.9 Å². The number of hydrogen-bond acceptors (Lipinski definition) is 4. The van der Waals surface area contributed by atoms with Crippen LogP contribution in [0.2, 0.25) is 0 Å².